The van der Waals surface area contributed by atoms with Crippen LogP contribution in [0.25, 0.3) is 0 Å². The van der Waals surface area contributed by atoms with E-state index in [1.807, 2.05) is 36.4 Å². The first-order valence-electron chi connectivity index (χ1n) is 6.90. The number of amides is 1. The van der Waals surface area contributed by atoms with Crippen molar-refractivity contribution in [3.05, 3.63) is 53.1 Å². The number of halogens is 1. The lowest BCUT2D eigenvalue weighted by atomic mass is 10.1. The zero-order chi connectivity index (χ0) is 15.9. The molecule has 0 aliphatic heterocycles. The molecule has 4 N–H and O–H groups in total. The summed E-state index contributed by atoms with van der Waals surface area (Å²) in [4.78, 5) is 11.4. The fourth-order valence-corrected chi connectivity index (χ4v) is 2.01. The Morgan fingerprint density at radius 2 is 1.95 bits per heavy atom. The van der Waals surface area contributed by atoms with Crippen LogP contribution in [0.5, 0.6) is 0 Å². The van der Waals surface area contributed by atoms with Crippen molar-refractivity contribution in [2.24, 2.45) is 0 Å². The lowest BCUT2D eigenvalue weighted by Gasteiger charge is -2.11. The van der Waals surface area contributed by atoms with Gasteiger partial charge in [-0.3, -0.25) is 5.32 Å². The topological polar surface area (TPSA) is 76.4 Å². The molecule has 0 saturated heterocycles. The van der Waals surface area contributed by atoms with Crippen LogP contribution in [0, 0.1) is 0 Å². The van der Waals surface area contributed by atoms with Gasteiger partial charge >= 0.3 is 6.09 Å². The van der Waals surface area contributed by atoms with Crippen molar-refractivity contribution in [1.29, 1.82) is 0 Å². The van der Waals surface area contributed by atoms with Crippen LogP contribution in [-0.2, 0) is 11.3 Å². The SMILES string of the molecule is CCOC(=O)Nc1ccc(CNc2ccc(Cl)cc2)cc1N. The van der Waals surface area contributed by atoms with Gasteiger partial charge in [0.2, 0.25) is 0 Å². The maximum absolute atomic E-state index is 11.4. The highest BCUT2D eigenvalue weighted by Crippen LogP contribution is 2.21. The van der Waals surface area contributed by atoms with Gasteiger partial charge in [-0.15, -0.1) is 0 Å². The average Bonchev–Trinajstić information content (AvgIpc) is 2.49. The molecule has 2 aromatic rings. The fourth-order valence-electron chi connectivity index (χ4n) is 1.88. The van der Waals surface area contributed by atoms with Gasteiger partial charge in [0.25, 0.3) is 0 Å². The van der Waals surface area contributed by atoms with E-state index in [9.17, 15) is 4.79 Å². The minimum Gasteiger partial charge on any atom is -0.450 e. The molecule has 0 aliphatic rings. The third-order valence-corrected chi connectivity index (χ3v) is 3.22. The van der Waals surface area contributed by atoms with Gasteiger partial charge in [-0.05, 0) is 48.9 Å². The summed E-state index contributed by atoms with van der Waals surface area (Å²) in [6.45, 7) is 2.68. The zero-order valence-corrected chi connectivity index (χ0v) is 13.0. The van der Waals surface area contributed by atoms with E-state index in [2.05, 4.69) is 10.6 Å². The van der Waals surface area contributed by atoms with Crippen LogP contribution in [0.15, 0.2) is 42.5 Å². The fraction of sp³-hybridized carbons (Fsp3) is 0.188. The van der Waals surface area contributed by atoms with Gasteiger partial charge in [0.05, 0.1) is 18.0 Å². The van der Waals surface area contributed by atoms with Gasteiger partial charge in [-0.2, -0.15) is 0 Å². The van der Waals surface area contributed by atoms with Crippen LogP contribution in [0.1, 0.15) is 12.5 Å². The number of rotatable bonds is 5. The van der Waals surface area contributed by atoms with E-state index in [1.54, 1.807) is 13.0 Å². The largest absolute Gasteiger partial charge is 0.450 e. The Labute approximate surface area is 134 Å². The molecule has 0 fully saturated rings. The van der Waals surface area contributed by atoms with E-state index in [0.29, 0.717) is 29.5 Å². The first-order valence-corrected chi connectivity index (χ1v) is 7.28. The van der Waals surface area contributed by atoms with Gasteiger partial charge in [0, 0.05) is 17.3 Å². The van der Waals surface area contributed by atoms with E-state index in [-0.39, 0.29) is 0 Å². The maximum Gasteiger partial charge on any atom is 0.411 e. The van der Waals surface area contributed by atoms with Crippen molar-refractivity contribution < 1.29 is 9.53 Å². The molecule has 6 heteroatoms. The van der Waals surface area contributed by atoms with Crippen molar-refractivity contribution in [3.63, 3.8) is 0 Å². The van der Waals surface area contributed by atoms with Crippen LogP contribution in [0.3, 0.4) is 0 Å². The molecule has 116 valence electrons. The number of hydrogen-bond donors (Lipinski definition) is 3. The Balaban J connectivity index is 1.97. The van der Waals surface area contributed by atoms with E-state index in [1.165, 1.54) is 0 Å². The van der Waals surface area contributed by atoms with Crippen molar-refractivity contribution in [3.8, 4) is 0 Å². The monoisotopic (exact) mass is 319 g/mol. The van der Waals surface area contributed by atoms with Crippen molar-refractivity contribution in [2.75, 3.05) is 23.0 Å². The Hall–Kier alpha value is -2.40. The van der Waals surface area contributed by atoms with E-state index in [4.69, 9.17) is 22.1 Å². The van der Waals surface area contributed by atoms with Crippen molar-refractivity contribution in [2.45, 2.75) is 13.5 Å². The number of nitrogens with two attached hydrogens (primary N) is 1. The highest BCUT2D eigenvalue weighted by Gasteiger charge is 2.06. The van der Waals surface area contributed by atoms with Gasteiger partial charge in [0.1, 0.15) is 0 Å². The molecule has 0 radical (unpaired) electrons. The van der Waals surface area contributed by atoms with E-state index >= 15 is 0 Å². The molecule has 2 rings (SSSR count). The number of nitrogen functional groups attached to an aromatic ring is 1. The molecule has 5 nitrogen and oxygen atoms in total. The first kappa shape index (κ1) is 16.0. The summed E-state index contributed by atoms with van der Waals surface area (Å²) in [6, 6.07) is 12.9. The minimum absolute atomic E-state index is 0.314. The Kier molecular flexibility index (Phi) is 5.49. The molecule has 0 bridgehead atoms. The van der Waals surface area contributed by atoms with Crippen molar-refractivity contribution in [1.82, 2.24) is 0 Å². The third-order valence-electron chi connectivity index (χ3n) is 2.97. The number of ether oxygens (including phenoxy) is 1. The number of anilines is 3. The predicted molar refractivity (Wildman–Crippen MR) is 90.3 cm³/mol. The van der Waals surface area contributed by atoms with Crippen LogP contribution >= 0.6 is 11.6 Å². The van der Waals surface area contributed by atoms with Crippen LogP contribution in [0.4, 0.5) is 21.9 Å². The summed E-state index contributed by atoms with van der Waals surface area (Å²) < 4.78 is 4.82. The molecule has 0 saturated carbocycles. The Bertz CT molecular complexity index is 644. The van der Waals surface area contributed by atoms with Gasteiger partial charge in [-0.25, -0.2) is 4.79 Å². The third kappa shape index (κ3) is 4.56. The maximum atomic E-state index is 11.4. The van der Waals surface area contributed by atoms with E-state index < -0.39 is 6.09 Å². The molecule has 0 spiro atoms. The van der Waals surface area contributed by atoms with Crippen LogP contribution in [-0.4, -0.2) is 12.7 Å². The molecule has 0 aliphatic carbocycles. The second-order valence-electron chi connectivity index (χ2n) is 4.63. The standard InChI is InChI=1S/C16H18ClN3O2/c1-2-22-16(21)20-15-8-3-11(9-14(15)18)10-19-13-6-4-12(17)5-7-13/h3-9,19H,2,10,18H2,1H3,(H,20,21). The molecule has 0 heterocycles. The number of benzene rings is 2. The van der Waals surface area contributed by atoms with Crippen LogP contribution < -0.4 is 16.4 Å². The molecular weight excluding hydrogens is 302 g/mol. The molecule has 22 heavy (non-hydrogen) atoms. The molecular formula is C16H18ClN3O2. The van der Waals surface area contributed by atoms with Gasteiger partial charge < -0.3 is 15.8 Å². The second kappa shape index (κ2) is 7.56. The van der Waals surface area contributed by atoms with Crippen LogP contribution in [0.2, 0.25) is 5.02 Å². The van der Waals surface area contributed by atoms with Gasteiger partial charge in [0.15, 0.2) is 0 Å². The molecule has 0 unspecified atom stereocenters. The highest BCUT2D eigenvalue weighted by atomic mass is 35.5. The molecule has 0 atom stereocenters. The highest BCUT2D eigenvalue weighted by molar-refractivity contribution is 6.30. The minimum atomic E-state index is -0.513. The number of hydrogen-bond acceptors (Lipinski definition) is 4. The van der Waals surface area contributed by atoms with E-state index in [0.717, 1.165) is 11.3 Å². The number of carbonyl (C=O) groups excluding carboxylic acids is 1. The predicted octanol–water partition coefficient (Wildman–Crippen LogP) is 4.10. The van der Waals surface area contributed by atoms with Crippen molar-refractivity contribution >= 4 is 34.8 Å². The average molecular weight is 320 g/mol. The summed E-state index contributed by atoms with van der Waals surface area (Å²) in [5.74, 6) is 0. The number of nitrogens with one attached hydrogen (secondary N) is 2. The normalized spacial score (nSPS) is 10.1. The second-order valence-corrected chi connectivity index (χ2v) is 5.06. The quantitative estimate of drug-likeness (QED) is 0.725. The summed E-state index contributed by atoms with van der Waals surface area (Å²) in [5.41, 5.74) is 8.94. The summed E-state index contributed by atoms with van der Waals surface area (Å²) >= 11 is 5.84. The first-order chi connectivity index (χ1) is 10.6. The Morgan fingerprint density at radius 3 is 2.59 bits per heavy atom. The lowest BCUT2D eigenvalue weighted by Crippen LogP contribution is -2.14. The number of carbonyl (C=O) groups is 1. The summed E-state index contributed by atoms with van der Waals surface area (Å²) in [5, 5.41) is 6.57. The summed E-state index contributed by atoms with van der Waals surface area (Å²) in [6.07, 6.45) is -0.513. The zero-order valence-electron chi connectivity index (χ0n) is 12.2. The molecule has 0 aromatic heterocycles. The smallest absolute Gasteiger partial charge is 0.411 e. The van der Waals surface area contributed by atoms with Gasteiger partial charge in [-0.1, -0.05) is 17.7 Å². The molecule has 2 aromatic carbocycles. The lowest BCUT2D eigenvalue weighted by molar-refractivity contribution is 0.168. The summed E-state index contributed by atoms with van der Waals surface area (Å²) in [7, 11) is 0. The molecule has 1 amide bonds. The Morgan fingerprint density at radius 1 is 1.23 bits per heavy atom.